The summed E-state index contributed by atoms with van der Waals surface area (Å²) >= 11 is 4.83. The highest BCUT2D eigenvalue weighted by molar-refractivity contribution is 9.10. The van der Waals surface area contributed by atoms with Crippen molar-refractivity contribution in [3.8, 4) is 0 Å². The molecule has 3 nitrogen and oxygen atoms in total. The number of carbonyl (C=O) groups excluding carboxylic acids is 1. The number of benzene rings is 2. The van der Waals surface area contributed by atoms with Crippen LogP contribution in [-0.4, -0.2) is 5.91 Å². The van der Waals surface area contributed by atoms with Crippen LogP contribution in [0.5, 0.6) is 0 Å². The predicted molar refractivity (Wildman–Crippen MR) is 88.3 cm³/mol. The topological polar surface area (TPSA) is 55.1 Å². The maximum absolute atomic E-state index is 12.2. The number of thiophene rings is 1. The van der Waals surface area contributed by atoms with Crippen molar-refractivity contribution in [2.45, 2.75) is 0 Å². The molecular weight excluding hydrogens is 336 g/mol. The number of anilines is 2. The van der Waals surface area contributed by atoms with Crippen molar-refractivity contribution in [2.24, 2.45) is 0 Å². The molecule has 0 fully saturated rings. The minimum absolute atomic E-state index is 0.108. The van der Waals surface area contributed by atoms with E-state index in [1.165, 1.54) is 11.3 Å². The van der Waals surface area contributed by atoms with Gasteiger partial charge < -0.3 is 11.1 Å². The normalized spacial score (nSPS) is 10.7. The zero-order chi connectivity index (χ0) is 14.1. The summed E-state index contributed by atoms with van der Waals surface area (Å²) in [5, 5.41) is 3.96. The van der Waals surface area contributed by atoms with E-state index in [9.17, 15) is 4.79 Å². The van der Waals surface area contributed by atoms with Crippen molar-refractivity contribution in [3.63, 3.8) is 0 Å². The molecule has 3 rings (SSSR count). The van der Waals surface area contributed by atoms with E-state index in [0.29, 0.717) is 16.3 Å². The first-order chi connectivity index (χ1) is 9.63. The van der Waals surface area contributed by atoms with Crippen LogP contribution < -0.4 is 11.1 Å². The summed E-state index contributed by atoms with van der Waals surface area (Å²) in [6, 6.07) is 15.2. The van der Waals surface area contributed by atoms with E-state index < -0.39 is 0 Å². The lowest BCUT2D eigenvalue weighted by Gasteiger charge is -2.05. The van der Waals surface area contributed by atoms with Crippen LogP contribution in [0.2, 0.25) is 0 Å². The quantitative estimate of drug-likeness (QED) is 0.671. The highest BCUT2D eigenvalue weighted by atomic mass is 79.9. The Labute approximate surface area is 128 Å². The molecule has 100 valence electrons. The van der Waals surface area contributed by atoms with E-state index in [4.69, 9.17) is 5.73 Å². The fourth-order valence-electron chi connectivity index (χ4n) is 1.89. The Morgan fingerprint density at radius 3 is 2.70 bits per heavy atom. The smallest absolute Gasteiger partial charge is 0.265 e. The summed E-state index contributed by atoms with van der Waals surface area (Å²) in [4.78, 5) is 12.9. The van der Waals surface area contributed by atoms with E-state index in [0.717, 1.165) is 14.6 Å². The third-order valence-corrected chi connectivity index (χ3v) is 4.71. The average Bonchev–Trinajstić information content (AvgIpc) is 2.87. The maximum Gasteiger partial charge on any atom is 0.265 e. The first-order valence-corrected chi connectivity index (χ1v) is 7.59. The summed E-state index contributed by atoms with van der Waals surface area (Å²) in [7, 11) is 0. The first kappa shape index (κ1) is 13.1. The second-order valence-corrected chi connectivity index (χ2v) is 6.28. The van der Waals surface area contributed by atoms with Gasteiger partial charge in [0.1, 0.15) is 0 Å². The number of nitrogen functional groups attached to an aromatic ring is 1. The predicted octanol–water partition coefficient (Wildman–Crippen LogP) is 4.50. The van der Waals surface area contributed by atoms with Gasteiger partial charge in [0.15, 0.2) is 0 Å². The van der Waals surface area contributed by atoms with Gasteiger partial charge in [-0.3, -0.25) is 4.79 Å². The summed E-state index contributed by atoms with van der Waals surface area (Å²) in [6.45, 7) is 0. The molecule has 0 saturated heterocycles. The molecule has 0 atom stereocenters. The summed E-state index contributed by atoms with van der Waals surface area (Å²) < 4.78 is 1.88. The molecule has 0 bridgehead atoms. The highest BCUT2D eigenvalue weighted by Crippen LogP contribution is 2.27. The van der Waals surface area contributed by atoms with Crippen molar-refractivity contribution in [1.82, 2.24) is 0 Å². The van der Waals surface area contributed by atoms with Crippen LogP contribution in [0.25, 0.3) is 10.1 Å². The van der Waals surface area contributed by atoms with E-state index in [1.807, 2.05) is 30.3 Å². The van der Waals surface area contributed by atoms with Crippen LogP contribution in [0.15, 0.2) is 53.0 Å². The van der Waals surface area contributed by atoms with Crippen molar-refractivity contribution < 1.29 is 4.79 Å². The minimum atomic E-state index is -0.108. The van der Waals surface area contributed by atoms with E-state index in [2.05, 4.69) is 21.2 Å². The second-order valence-electron chi connectivity index (χ2n) is 4.34. The molecule has 2 aromatic carbocycles. The van der Waals surface area contributed by atoms with E-state index in [1.54, 1.807) is 18.2 Å². The van der Waals surface area contributed by atoms with Gasteiger partial charge in [-0.05, 0) is 51.6 Å². The van der Waals surface area contributed by atoms with Gasteiger partial charge >= 0.3 is 0 Å². The molecule has 3 N–H and O–H groups in total. The minimum Gasteiger partial charge on any atom is -0.398 e. The highest BCUT2D eigenvalue weighted by Gasteiger charge is 2.10. The van der Waals surface area contributed by atoms with Gasteiger partial charge in [0, 0.05) is 20.5 Å². The van der Waals surface area contributed by atoms with Gasteiger partial charge in [0.25, 0.3) is 5.91 Å². The lowest BCUT2D eigenvalue weighted by molar-refractivity contribution is 0.103. The zero-order valence-corrected chi connectivity index (χ0v) is 12.8. The lowest BCUT2D eigenvalue weighted by atomic mass is 10.2. The van der Waals surface area contributed by atoms with E-state index in [-0.39, 0.29) is 5.91 Å². The number of hydrogen-bond acceptors (Lipinski definition) is 3. The Morgan fingerprint density at radius 1 is 1.15 bits per heavy atom. The van der Waals surface area contributed by atoms with Gasteiger partial charge in [0.05, 0.1) is 4.88 Å². The van der Waals surface area contributed by atoms with Gasteiger partial charge in [-0.15, -0.1) is 11.3 Å². The molecule has 0 unspecified atom stereocenters. The maximum atomic E-state index is 12.2. The Morgan fingerprint density at radius 2 is 1.95 bits per heavy atom. The average molecular weight is 347 g/mol. The Bertz CT molecular complexity index is 764. The van der Waals surface area contributed by atoms with Crippen molar-refractivity contribution >= 4 is 54.6 Å². The summed E-state index contributed by atoms with van der Waals surface area (Å²) in [5.41, 5.74) is 7.08. The van der Waals surface area contributed by atoms with Gasteiger partial charge in [0.2, 0.25) is 0 Å². The summed E-state index contributed by atoms with van der Waals surface area (Å²) in [6.07, 6.45) is 0. The van der Waals surface area contributed by atoms with Crippen molar-refractivity contribution in [3.05, 3.63) is 57.9 Å². The standard InChI is InChI=1S/C15H11BrN2OS/c16-11-8-10(5-6-12(11)17)18-15(19)14-7-9-3-1-2-4-13(9)20-14/h1-8H,17H2,(H,18,19). The third kappa shape index (κ3) is 2.55. The number of halogens is 1. The molecule has 0 saturated carbocycles. The Balaban J connectivity index is 1.86. The van der Waals surface area contributed by atoms with Gasteiger partial charge in [-0.2, -0.15) is 0 Å². The third-order valence-electron chi connectivity index (χ3n) is 2.91. The lowest BCUT2D eigenvalue weighted by Crippen LogP contribution is -2.10. The number of rotatable bonds is 2. The van der Waals surface area contributed by atoms with Crippen LogP contribution >= 0.6 is 27.3 Å². The molecule has 0 radical (unpaired) electrons. The monoisotopic (exact) mass is 346 g/mol. The number of amides is 1. The molecular formula is C15H11BrN2OS. The van der Waals surface area contributed by atoms with Crippen molar-refractivity contribution in [1.29, 1.82) is 0 Å². The molecule has 0 aliphatic carbocycles. The first-order valence-electron chi connectivity index (χ1n) is 5.98. The molecule has 20 heavy (non-hydrogen) atoms. The number of carbonyl (C=O) groups is 1. The summed E-state index contributed by atoms with van der Waals surface area (Å²) in [5.74, 6) is -0.108. The van der Waals surface area contributed by atoms with Gasteiger partial charge in [-0.25, -0.2) is 0 Å². The van der Waals surface area contributed by atoms with Crippen LogP contribution in [0.3, 0.4) is 0 Å². The molecule has 1 aromatic heterocycles. The molecule has 0 aliphatic rings. The number of nitrogens with two attached hydrogens (primary N) is 1. The van der Waals surface area contributed by atoms with Crippen LogP contribution in [0.4, 0.5) is 11.4 Å². The fraction of sp³-hybridized carbons (Fsp3) is 0. The van der Waals surface area contributed by atoms with E-state index >= 15 is 0 Å². The van der Waals surface area contributed by atoms with Crippen LogP contribution in [0.1, 0.15) is 9.67 Å². The molecule has 0 spiro atoms. The Kier molecular flexibility index (Phi) is 3.46. The second kappa shape index (κ2) is 5.26. The molecule has 1 heterocycles. The Hall–Kier alpha value is -1.85. The molecule has 1 amide bonds. The van der Waals surface area contributed by atoms with Gasteiger partial charge in [-0.1, -0.05) is 18.2 Å². The SMILES string of the molecule is Nc1ccc(NC(=O)c2cc3ccccc3s2)cc1Br. The number of fused-ring (bicyclic) bond motifs is 1. The van der Waals surface area contributed by atoms with Crippen LogP contribution in [-0.2, 0) is 0 Å². The molecule has 0 aliphatic heterocycles. The van der Waals surface area contributed by atoms with Crippen molar-refractivity contribution in [2.75, 3.05) is 11.1 Å². The van der Waals surface area contributed by atoms with Crippen LogP contribution in [0, 0.1) is 0 Å². The fourth-order valence-corrected chi connectivity index (χ4v) is 3.23. The number of nitrogens with one attached hydrogen (secondary N) is 1. The number of hydrogen-bond donors (Lipinski definition) is 2. The zero-order valence-electron chi connectivity index (χ0n) is 10.4. The molecule has 5 heteroatoms. The molecule has 3 aromatic rings. The largest absolute Gasteiger partial charge is 0.398 e.